The average molecular weight is 399 g/mol. The monoisotopic (exact) mass is 399 g/mol. The van der Waals surface area contributed by atoms with Crippen molar-refractivity contribution in [1.29, 1.82) is 0 Å². The van der Waals surface area contributed by atoms with Gasteiger partial charge < -0.3 is 10.8 Å². The fourth-order valence-electron chi connectivity index (χ4n) is 3.05. The fourth-order valence-corrected chi connectivity index (χ4v) is 3.05. The lowest BCUT2D eigenvalue weighted by atomic mass is 9.79. The van der Waals surface area contributed by atoms with Crippen molar-refractivity contribution >= 4 is 12.0 Å². The van der Waals surface area contributed by atoms with E-state index in [1.54, 1.807) is 19.1 Å². The minimum Gasteiger partial charge on any atom is -0.382 e. The van der Waals surface area contributed by atoms with Crippen LogP contribution >= 0.6 is 0 Å². The molecule has 2 atom stereocenters. The largest absolute Gasteiger partial charge is 0.382 e. The average Bonchev–Trinajstić information content (AvgIpc) is 3.18. The van der Waals surface area contributed by atoms with Gasteiger partial charge in [-0.05, 0) is 23.8 Å². The number of carbonyl (C=O) groups is 1. The second-order valence-electron chi connectivity index (χ2n) is 6.62. The van der Waals surface area contributed by atoms with Crippen molar-refractivity contribution in [3.05, 3.63) is 83.7 Å². The fraction of sp³-hybridized carbons (Fsp3) is 0.200. The number of rotatable bonds is 7. The van der Waals surface area contributed by atoms with Crippen LogP contribution in [0.3, 0.4) is 0 Å². The normalized spacial score (nSPS) is 14.6. The van der Waals surface area contributed by atoms with Gasteiger partial charge in [-0.25, -0.2) is 18.4 Å². The van der Waals surface area contributed by atoms with Crippen LogP contribution in [-0.2, 0) is 16.9 Å². The van der Waals surface area contributed by atoms with E-state index >= 15 is 0 Å². The van der Waals surface area contributed by atoms with E-state index in [1.807, 2.05) is 0 Å². The zero-order valence-electron chi connectivity index (χ0n) is 15.5. The molecule has 9 heteroatoms. The van der Waals surface area contributed by atoms with Crippen LogP contribution < -0.4 is 5.73 Å². The summed E-state index contributed by atoms with van der Waals surface area (Å²) in [6.45, 7) is 1.56. The molecule has 1 amide bonds. The summed E-state index contributed by atoms with van der Waals surface area (Å²) in [5.41, 5.74) is 4.30. The van der Waals surface area contributed by atoms with Gasteiger partial charge >= 0.3 is 0 Å². The van der Waals surface area contributed by atoms with Gasteiger partial charge in [0.2, 0.25) is 5.91 Å². The van der Waals surface area contributed by atoms with Gasteiger partial charge in [0.25, 0.3) is 0 Å². The molecule has 7 nitrogen and oxygen atoms in total. The van der Waals surface area contributed by atoms with Gasteiger partial charge in [-0.1, -0.05) is 19.1 Å². The highest BCUT2D eigenvalue weighted by molar-refractivity contribution is 5.90. The smallest absolute Gasteiger partial charge is 0.241 e. The van der Waals surface area contributed by atoms with E-state index in [1.165, 1.54) is 41.8 Å². The Bertz CT molecular complexity index is 1020. The molecule has 0 aliphatic rings. The Morgan fingerprint density at radius 3 is 2.72 bits per heavy atom. The number of pyridine rings is 1. The zero-order valence-corrected chi connectivity index (χ0v) is 15.5. The minimum absolute atomic E-state index is 0.0820. The number of benzene rings is 1. The molecule has 150 valence electrons. The second kappa shape index (κ2) is 8.27. The van der Waals surface area contributed by atoms with E-state index in [0.29, 0.717) is 11.3 Å². The number of aliphatic hydroxyl groups is 1. The Kier molecular flexibility index (Phi) is 5.79. The number of primary amides is 1. The van der Waals surface area contributed by atoms with Crippen LogP contribution in [0.5, 0.6) is 0 Å². The van der Waals surface area contributed by atoms with Crippen LogP contribution in [0, 0.1) is 11.6 Å². The Balaban J connectivity index is 2.00. The van der Waals surface area contributed by atoms with Crippen molar-refractivity contribution in [2.24, 2.45) is 5.73 Å². The summed E-state index contributed by atoms with van der Waals surface area (Å²) in [6.07, 6.45) is 6.90. The maximum atomic E-state index is 14.6. The minimum atomic E-state index is -1.79. The Morgan fingerprint density at radius 2 is 2.14 bits per heavy atom. The number of halogens is 2. The number of amides is 1. The number of nitrogens with zero attached hydrogens (tertiary/aromatic N) is 4. The molecule has 0 saturated carbocycles. The van der Waals surface area contributed by atoms with Crippen molar-refractivity contribution < 1.29 is 18.7 Å². The van der Waals surface area contributed by atoms with E-state index in [9.17, 15) is 18.7 Å². The van der Waals surface area contributed by atoms with Gasteiger partial charge in [-0.3, -0.25) is 9.78 Å². The first-order valence-electron chi connectivity index (χ1n) is 8.73. The third-order valence-corrected chi connectivity index (χ3v) is 4.68. The summed E-state index contributed by atoms with van der Waals surface area (Å²) in [5.74, 6) is -2.90. The molecule has 0 radical (unpaired) electrons. The summed E-state index contributed by atoms with van der Waals surface area (Å²) in [4.78, 5) is 19.0. The standard InChI is InChI=1S/C20H19F2N5O2/c1-13(18-6-2-14(9-25-18)3-7-19(23)28)20(29,10-27-12-24-11-26-27)16-5-4-15(21)8-17(16)22/h2-9,11-13,29H,10H2,1H3,(H2,23,28)/t13-,20+/m1/s1. The lowest BCUT2D eigenvalue weighted by Crippen LogP contribution is -2.38. The molecule has 0 bridgehead atoms. The van der Waals surface area contributed by atoms with Crippen molar-refractivity contribution in [1.82, 2.24) is 19.7 Å². The molecule has 29 heavy (non-hydrogen) atoms. The topological polar surface area (TPSA) is 107 Å². The van der Waals surface area contributed by atoms with Crippen molar-refractivity contribution in [2.45, 2.75) is 25.0 Å². The molecule has 3 aromatic rings. The van der Waals surface area contributed by atoms with E-state index in [0.717, 1.165) is 12.1 Å². The second-order valence-corrected chi connectivity index (χ2v) is 6.62. The highest BCUT2D eigenvalue weighted by atomic mass is 19.1. The summed E-state index contributed by atoms with van der Waals surface area (Å²) in [5, 5.41) is 15.5. The first kappa shape index (κ1) is 20.3. The molecule has 0 unspecified atom stereocenters. The van der Waals surface area contributed by atoms with Crippen LogP contribution in [0.4, 0.5) is 8.78 Å². The van der Waals surface area contributed by atoms with Crippen LogP contribution in [0.25, 0.3) is 6.08 Å². The molecule has 3 N–H and O–H groups in total. The Morgan fingerprint density at radius 1 is 1.34 bits per heavy atom. The van der Waals surface area contributed by atoms with Gasteiger partial charge in [-0.15, -0.1) is 0 Å². The molecule has 1 aromatic carbocycles. The summed E-state index contributed by atoms with van der Waals surface area (Å²) < 4.78 is 29.3. The Hall–Kier alpha value is -3.46. The van der Waals surface area contributed by atoms with Crippen LogP contribution in [0.2, 0.25) is 0 Å². The molecule has 2 aromatic heterocycles. The predicted molar refractivity (Wildman–Crippen MR) is 101 cm³/mol. The van der Waals surface area contributed by atoms with Gasteiger partial charge in [0.15, 0.2) is 0 Å². The summed E-state index contributed by atoms with van der Waals surface area (Å²) in [6, 6.07) is 6.36. The van der Waals surface area contributed by atoms with E-state index < -0.39 is 29.1 Å². The first-order chi connectivity index (χ1) is 13.8. The van der Waals surface area contributed by atoms with Crippen LogP contribution in [0.15, 0.2) is 55.3 Å². The van der Waals surface area contributed by atoms with Crippen LogP contribution in [0.1, 0.15) is 29.7 Å². The van der Waals surface area contributed by atoms with Crippen molar-refractivity contribution in [3.8, 4) is 0 Å². The van der Waals surface area contributed by atoms with Gasteiger partial charge in [0, 0.05) is 35.5 Å². The van der Waals surface area contributed by atoms with E-state index in [-0.39, 0.29) is 12.1 Å². The van der Waals surface area contributed by atoms with Crippen molar-refractivity contribution in [2.75, 3.05) is 0 Å². The van der Waals surface area contributed by atoms with E-state index in [2.05, 4.69) is 15.1 Å². The Labute approximate surface area is 165 Å². The molecule has 0 saturated heterocycles. The summed E-state index contributed by atoms with van der Waals surface area (Å²) >= 11 is 0. The number of aromatic nitrogens is 4. The quantitative estimate of drug-likeness (QED) is 0.592. The molecule has 0 fully saturated rings. The number of carbonyl (C=O) groups excluding carboxylic acids is 1. The molecular formula is C20H19F2N5O2. The highest BCUT2D eigenvalue weighted by Crippen LogP contribution is 2.39. The molecule has 0 aliphatic carbocycles. The third-order valence-electron chi connectivity index (χ3n) is 4.68. The van der Waals surface area contributed by atoms with Gasteiger partial charge in [0.05, 0.1) is 6.54 Å². The first-order valence-corrected chi connectivity index (χ1v) is 8.73. The van der Waals surface area contributed by atoms with E-state index in [4.69, 9.17) is 5.73 Å². The number of nitrogens with two attached hydrogens (primary N) is 1. The molecular weight excluding hydrogens is 380 g/mol. The SMILES string of the molecule is C[C@H](c1ccc(C=CC(N)=O)cn1)[C@@](O)(Cn1cncn1)c1ccc(F)cc1F. The maximum Gasteiger partial charge on any atom is 0.241 e. The molecule has 0 spiro atoms. The highest BCUT2D eigenvalue weighted by Gasteiger charge is 2.40. The maximum absolute atomic E-state index is 14.6. The zero-order chi connectivity index (χ0) is 21.0. The number of hydrogen-bond donors (Lipinski definition) is 2. The third kappa shape index (κ3) is 4.52. The molecule has 0 aliphatic heterocycles. The lowest BCUT2D eigenvalue weighted by molar-refractivity contribution is -0.113. The van der Waals surface area contributed by atoms with Crippen LogP contribution in [-0.4, -0.2) is 30.8 Å². The number of hydrogen-bond acceptors (Lipinski definition) is 5. The predicted octanol–water partition coefficient (Wildman–Crippen LogP) is 2.14. The van der Waals surface area contributed by atoms with Crippen molar-refractivity contribution in [3.63, 3.8) is 0 Å². The van der Waals surface area contributed by atoms with Gasteiger partial charge in [0.1, 0.15) is 29.9 Å². The molecule has 2 heterocycles. The van der Waals surface area contributed by atoms with Gasteiger partial charge in [-0.2, -0.15) is 5.10 Å². The lowest BCUT2D eigenvalue weighted by Gasteiger charge is -2.34. The summed E-state index contributed by atoms with van der Waals surface area (Å²) in [7, 11) is 0. The molecule has 3 rings (SSSR count).